The van der Waals surface area contributed by atoms with Gasteiger partial charge in [-0.1, -0.05) is 0 Å². The van der Waals surface area contributed by atoms with Crippen molar-refractivity contribution >= 4 is 0 Å². The molecule has 0 aliphatic heterocycles. The molecule has 0 heterocycles. The van der Waals surface area contributed by atoms with Gasteiger partial charge in [0.25, 0.3) is 0 Å². The zero-order valence-corrected chi connectivity index (χ0v) is 12.4. The maximum Gasteiger partial charge on any atom is 0.108 e. The van der Waals surface area contributed by atoms with Crippen molar-refractivity contribution in [2.45, 2.75) is 37.3 Å². The van der Waals surface area contributed by atoms with Crippen LogP contribution in [0.25, 0.3) is 0 Å². The van der Waals surface area contributed by atoms with Crippen LogP contribution in [0.3, 0.4) is 0 Å². The Morgan fingerprint density at radius 1 is 1.32 bits per heavy atom. The Bertz CT molecular complexity index is 293. The van der Waals surface area contributed by atoms with Crippen molar-refractivity contribution in [3.63, 3.8) is 0 Å². The summed E-state index contributed by atoms with van der Waals surface area (Å²) in [5.74, 6) is 0. The summed E-state index contributed by atoms with van der Waals surface area (Å²) in [4.78, 5) is 2.44. The van der Waals surface area contributed by atoms with E-state index in [1.165, 1.54) is 0 Å². The third-order valence-corrected chi connectivity index (χ3v) is 4.07. The molecule has 0 bridgehead atoms. The quantitative estimate of drug-likeness (QED) is 0.633. The lowest BCUT2D eigenvalue weighted by Crippen LogP contribution is -2.43. The smallest absolute Gasteiger partial charge is 0.108 e. The molecule has 0 saturated heterocycles. The first-order chi connectivity index (χ1) is 9.21. The number of hydrogen-bond donors (Lipinski definition) is 1. The molecular formula is C14H27N3O2. The SMILES string of the molecule is CNC1(C#N)CCC(N(CCCOC)CCOC)C1. The molecule has 0 radical (unpaired) electrons. The van der Waals surface area contributed by atoms with Gasteiger partial charge in [-0.3, -0.25) is 4.90 Å². The van der Waals surface area contributed by atoms with E-state index in [2.05, 4.69) is 16.3 Å². The molecule has 0 aromatic heterocycles. The highest BCUT2D eigenvalue weighted by Crippen LogP contribution is 2.32. The summed E-state index contributed by atoms with van der Waals surface area (Å²) in [6.07, 6.45) is 3.93. The molecule has 1 N–H and O–H groups in total. The maximum atomic E-state index is 9.33. The summed E-state index contributed by atoms with van der Waals surface area (Å²) < 4.78 is 10.3. The normalized spacial score (nSPS) is 26.8. The van der Waals surface area contributed by atoms with Gasteiger partial charge in [0.2, 0.25) is 0 Å². The Morgan fingerprint density at radius 2 is 2.05 bits per heavy atom. The Morgan fingerprint density at radius 3 is 2.58 bits per heavy atom. The molecule has 0 aromatic rings. The minimum Gasteiger partial charge on any atom is -0.385 e. The van der Waals surface area contributed by atoms with Gasteiger partial charge in [0, 0.05) is 40.0 Å². The predicted molar refractivity (Wildman–Crippen MR) is 75.0 cm³/mol. The van der Waals surface area contributed by atoms with Crippen molar-refractivity contribution in [1.82, 2.24) is 10.2 Å². The van der Waals surface area contributed by atoms with Crippen LogP contribution in [-0.4, -0.2) is 64.1 Å². The monoisotopic (exact) mass is 269 g/mol. The van der Waals surface area contributed by atoms with Gasteiger partial charge in [-0.05, 0) is 32.7 Å². The first-order valence-electron chi connectivity index (χ1n) is 7.03. The third-order valence-electron chi connectivity index (χ3n) is 4.07. The van der Waals surface area contributed by atoms with E-state index in [9.17, 15) is 5.26 Å². The molecule has 19 heavy (non-hydrogen) atoms. The highest BCUT2D eigenvalue weighted by atomic mass is 16.5. The van der Waals surface area contributed by atoms with Crippen LogP contribution in [0.1, 0.15) is 25.7 Å². The molecule has 2 atom stereocenters. The van der Waals surface area contributed by atoms with Crippen LogP contribution in [0.5, 0.6) is 0 Å². The molecule has 1 rings (SSSR count). The van der Waals surface area contributed by atoms with Crippen molar-refractivity contribution in [3.05, 3.63) is 0 Å². The number of ether oxygens (including phenoxy) is 2. The molecule has 0 aromatic carbocycles. The Kier molecular flexibility index (Phi) is 7.32. The number of nitriles is 1. The van der Waals surface area contributed by atoms with Crippen molar-refractivity contribution in [2.75, 3.05) is 47.6 Å². The zero-order chi connectivity index (χ0) is 14.1. The van der Waals surface area contributed by atoms with E-state index in [-0.39, 0.29) is 5.54 Å². The van der Waals surface area contributed by atoms with E-state index >= 15 is 0 Å². The summed E-state index contributed by atoms with van der Waals surface area (Å²) >= 11 is 0. The molecule has 2 unspecified atom stereocenters. The van der Waals surface area contributed by atoms with Crippen LogP contribution in [0.2, 0.25) is 0 Å². The van der Waals surface area contributed by atoms with Crippen LogP contribution in [0.4, 0.5) is 0 Å². The molecule has 0 spiro atoms. The minimum atomic E-state index is -0.336. The molecule has 1 aliphatic rings. The zero-order valence-electron chi connectivity index (χ0n) is 12.4. The first-order valence-corrected chi connectivity index (χ1v) is 7.03. The molecule has 1 fully saturated rings. The summed E-state index contributed by atoms with van der Waals surface area (Å²) in [5, 5.41) is 12.5. The average molecular weight is 269 g/mol. The number of hydrogen-bond acceptors (Lipinski definition) is 5. The molecule has 5 nitrogen and oxygen atoms in total. The molecule has 110 valence electrons. The van der Waals surface area contributed by atoms with Gasteiger partial charge in [-0.2, -0.15) is 5.26 Å². The number of nitrogens with zero attached hydrogens (tertiary/aromatic N) is 2. The standard InChI is InChI=1S/C14H27N3O2/c1-16-14(12-15)6-5-13(11-14)17(8-10-19-3)7-4-9-18-2/h13,16H,4-11H2,1-3H3. The minimum absolute atomic E-state index is 0.336. The fourth-order valence-electron chi connectivity index (χ4n) is 2.81. The van der Waals surface area contributed by atoms with E-state index in [4.69, 9.17) is 9.47 Å². The van der Waals surface area contributed by atoms with E-state index in [1.54, 1.807) is 14.2 Å². The van der Waals surface area contributed by atoms with E-state index < -0.39 is 0 Å². The van der Waals surface area contributed by atoms with Crippen molar-refractivity contribution in [2.24, 2.45) is 0 Å². The van der Waals surface area contributed by atoms with Crippen molar-refractivity contribution in [3.8, 4) is 6.07 Å². The van der Waals surface area contributed by atoms with E-state index in [0.29, 0.717) is 6.04 Å². The Labute approximate surface area is 116 Å². The molecule has 5 heteroatoms. The second kappa shape index (κ2) is 8.49. The Hall–Kier alpha value is -0.670. The van der Waals surface area contributed by atoms with Gasteiger partial charge in [0.1, 0.15) is 5.54 Å². The van der Waals surface area contributed by atoms with Gasteiger partial charge in [-0.15, -0.1) is 0 Å². The largest absolute Gasteiger partial charge is 0.385 e. The van der Waals surface area contributed by atoms with Gasteiger partial charge in [0.05, 0.1) is 12.7 Å². The number of nitrogens with one attached hydrogen (secondary N) is 1. The first kappa shape index (κ1) is 16.4. The highest BCUT2D eigenvalue weighted by molar-refractivity contribution is 5.12. The summed E-state index contributed by atoms with van der Waals surface area (Å²) in [6.45, 7) is 3.46. The van der Waals surface area contributed by atoms with Gasteiger partial charge < -0.3 is 14.8 Å². The van der Waals surface area contributed by atoms with Crippen LogP contribution in [0.15, 0.2) is 0 Å². The van der Waals surface area contributed by atoms with E-state index in [0.717, 1.165) is 52.0 Å². The average Bonchev–Trinajstić information content (AvgIpc) is 2.88. The summed E-state index contributed by atoms with van der Waals surface area (Å²) in [5.41, 5.74) is -0.336. The van der Waals surface area contributed by atoms with Gasteiger partial charge >= 0.3 is 0 Å². The van der Waals surface area contributed by atoms with Gasteiger partial charge in [-0.25, -0.2) is 0 Å². The van der Waals surface area contributed by atoms with Crippen LogP contribution in [0, 0.1) is 11.3 Å². The maximum absolute atomic E-state index is 9.33. The number of rotatable bonds is 9. The lowest BCUT2D eigenvalue weighted by atomic mass is 10.00. The van der Waals surface area contributed by atoms with Crippen molar-refractivity contribution < 1.29 is 9.47 Å². The lowest BCUT2D eigenvalue weighted by Gasteiger charge is -2.29. The van der Waals surface area contributed by atoms with Crippen molar-refractivity contribution in [1.29, 1.82) is 5.26 Å². The van der Waals surface area contributed by atoms with Gasteiger partial charge in [0.15, 0.2) is 0 Å². The van der Waals surface area contributed by atoms with Crippen LogP contribution < -0.4 is 5.32 Å². The predicted octanol–water partition coefficient (Wildman–Crippen LogP) is 1.01. The summed E-state index contributed by atoms with van der Waals surface area (Å²) in [6, 6.07) is 2.91. The molecule has 1 aliphatic carbocycles. The summed E-state index contributed by atoms with van der Waals surface area (Å²) in [7, 11) is 5.35. The topological polar surface area (TPSA) is 57.5 Å². The highest BCUT2D eigenvalue weighted by Gasteiger charge is 2.40. The number of methoxy groups -OCH3 is 2. The van der Waals surface area contributed by atoms with Crippen LogP contribution >= 0.6 is 0 Å². The fourth-order valence-corrected chi connectivity index (χ4v) is 2.81. The second-order valence-electron chi connectivity index (χ2n) is 5.22. The molecule has 0 amide bonds. The molecule has 1 saturated carbocycles. The molecular weight excluding hydrogens is 242 g/mol. The van der Waals surface area contributed by atoms with E-state index in [1.807, 2.05) is 7.05 Å². The Balaban J connectivity index is 2.53. The second-order valence-corrected chi connectivity index (χ2v) is 5.22. The lowest BCUT2D eigenvalue weighted by molar-refractivity contribution is 0.106. The fraction of sp³-hybridized carbons (Fsp3) is 0.929. The van der Waals surface area contributed by atoms with Crippen LogP contribution in [-0.2, 0) is 9.47 Å². The third kappa shape index (κ3) is 4.73.